The Morgan fingerprint density at radius 1 is 1.50 bits per heavy atom. The van der Waals surface area contributed by atoms with Crippen LogP contribution in [0.5, 0.6) is 0 Å². The van der Waals surface area contributed by atoms with E-state index in [1.165, 1.54) is 0 Å². The standard InChI is InChI=1S/C9H10N2O/c10-4-9-7(5-12)6-2-1-3-8(6)11-9/h6,8-9,11H,1-3H2. The van der Waals surface area contributed by atoms with Crippen LogP contribution in [0.15, 0.2) is 5.57 Å². The lowest BCUT2D eigenvalue weighted by molar-refractivity contribution is 0.537. The van der Waals surface area contributed by atoms with E-state index in [9.17, 15) is 4.79 Å². The van der Waals surface area contributed by atoms with E-state index in [1.807, 2.05) is 5.94 Å². The van der Waals surface area contributed by atoms with Gasteiger partial charge in [-0.25, -0.2) is 4.79 Å². The third-order valence-electron chi connectivity index (χ3n) is 2.85. The predicted octanol–water partition coefficient (Wildman–Crippen LogP) is 0.408. The molecule has 1 saturated heterocycles. The van der Waals surface area contributed by atoms with Gasteiger partial charge in [-0.05, 0) is 12.8 Å². The van der Waals surface area contributed by atoms with Crippen molar-refractivity contribution in [2.24, 2.45) is 5.92 Å². The highest BCUT2D eigenvalue weighted by atomic mass is 16.1. The molecule has 1 N–H and O–H groups in total. The van der Waals surface area contributed by atoms with Gasteiger partial charge < -0.3 is 0 Å². The zero-order valence-corrected chi connectivity index (χ0v) is 6.71. The highest BCUT2D eigenvalue weighted by Gasteiger charge is 2.41. The minimum Gasteiger partial charge on any atom is -0.294 e. The van der Waals surface area contributed by atoms with Crippen LogP contribution in [-0.4, -0.2) is 18.0 Å². The Bertz CT molecular complexity index is 285. The van der Waals surface area contributed by atoms with Gasteiger partial charge >= 0.3 is 0 Å². The van der Waals surface area contributed by atoms with Gasteiger partial charge in [0, 0.05) is 17.5 Å². The summed E-state index contributed by atoms with van der Waals surface area (Å²) in [6.07, 6.45) is 3.29. The number of nitrogens with one attached hydrogen (secondary N) is 1. The summed E-state index contributed by atoms with van der Waals surface area (Å²) >= 11 is 0. The number of fused-ring (bicyclic) bond motifs is 1. The Kier molecular flexibility index (Phi) is 1.73. The van der Waals surface area contributed by atoms with Crippen molar-refractivity contribution in [1.82, 2.24) is 5.32 Å². The van der Waals surface area contributed by atoms with Crippen LogP contribution in [0.1, 0.15) is 19.3 Å². The quantitative estimate of drug-likeness (QED) is 0.525. The van der Waals surface area contributed by atoms with Crippen molar-refractivity contribution in [1.29, 1.82) is 5.26 Å². The van der Waals surface area contributed by atoms with E-state index < -0.39 is 0 Å². The fraction of sp³-hybridized carbons (Fsp3) is 0.667. The van der Waals surface area contributed by atoms with E-state index in [-0.39, 0.29) is 6.04 Å². The molecule has 2 rings (SSSR count). The molecule has 0 amide bonds. The maximum atomic E-state index is 10.6. The zero-order chi connectivity index (χ0) is 8.55. The number of carbonyl (C=O) groups excluding carboxylic acids is 1. The Labute approximate surface area is 71.1 Å². The number of nitrogens with zero attached hydrogens (tertiary/aromatic N) is 1. The third-order valence-corrected chi connectivity index (χ3v) is 2.85. The molecule has 1 heterocycles. The fourth-order valence-corrected chi connectivity index (χ4v) is 2.29. The molecule has 3 nitrogen and oxygen atoms in total. The molecule has 3 heteroatoms. The monoisotopic (exact) mass is 162 g/mol. The number of nitriles is 1. The van der Waals surface area contributed by atoms with E-state index in [4.69, 9.17) is 5.26 Å². The average molecular weight is 162 g/mol. The molecule has 3 atom stereocenters. The molecule has 3 unspecified atom stereocenters. The van der Waals surface area contributed by atoms with Crippen molar-refractivity contribution in [2.45, 2.75) is 31.3 Å². The van der Waals surface area contributed by atoms with Crippen molar-refractivity contribution in [2.75, 3.05) is 0 Å². The van der Waals surface area contributed by atoms with Crippen LogP contribution < -0.4 is 5.32 Å². The van der Waals surface area contributed by atoms with Crippen molar-refractivity contribution in [3.8, 4) is 6.07 Å². The minimum atomic E-state index is -0.363. The van der Waals surface area contributed by atoms with Gasteiger partial charge in [-0.1, -0.05) is 6.42 Å². The predicted molar refractivity (Wildman–Crippen MR) is 42.9 cm³/mol. The molecule has 0 radical (unpaired) electrons. The second kappa shape index (κ2) is 2.75. The Hall–Kier alpha value is -1.10. The number of hydrogen-bond acceptors (Lipinski definition) is 3. The molecule has 1 saturated carbocycles. The van der Waals surface area contributed by atoms with Gasteiger partial charge in [0.05, 0.1) is 6.07 Å². The summed E-state index contributed by atoms with van der Waals surface area (Å²) in [5, 5.41) is 11.9. The maximum absolute atomic E-state index is 10.6. The third kappa shape index (κ3) is 0.896. The molecular weight excluding hydrogens is 152 g/mol. The van der Waals surface area contributed by atoms with Gasteiger partial charge in [-0.3, -0.25) is 5.32 Å². The molecule has 0 aromatic carbocycles. The molecular formula is C9H10N2O. The van der Waals surface area contributed by atoms with Crippen LogP contribution in [-0.2, 0) is 4.79 Å². The first-order chi connectivity index (χ1) is 5.86. The van der Waals surface area contributed by atoms with Gasteiger partial charge in [0.15, 0.2) is 0 Å². The summed E-state index contributed by atoms with van der Waals surface area (Å²) in [5.41, 5.74) is 0.653. The van der Waals surface area contributed by atoms with Crippen LogP contribution in [0, 0.1) is 17.2 Å². The average Bonchev–Trinajstić information content (AvgIpc) is 2.61. The molecule has 12 heavy (non-hydrogen) atoms. The Morgan fingerprint density at radius 3 is 3.00 bits per heavy atom. The highest BCUT2D eigenvalue weighted by Crippen LogP contribution is 2.37. The van der Waals surface area contributed by atoms with Crippen LogP contribution in [0.2, 0.25) is 0 Å². The van der Waals surface area contributed by atoms with E-state index in [1.54, 1.807) is 0 Å². The minimum absolute atomic E-state index is 0.298. The Morgan fingerprint density at radius 2 is 2.33 bits per heavy atom. The second-order valence-electron chi connectivity index (χ2n) is 3.43. The van der Waals surface area contributed by atoms with Crippen molar-refractivity contribution in [3.05, 3.63) is 5.57 Å². The molecule has 2 aliphatic rings. The summed E-state index contributed by atoms with van der Waals surface area (Å²) in [6, 6.07) is 2.09. The van der Waals surface area contributed by atoms with Gasteiger partial charge in [-0.15, -0.1) is 0 Å². The maximum Gasteiger partial charge on any atom is 0.128 e. The van der Waals surface area contributed by atoms with E-state index >= 15 is 0 Å². The molecule has 0 aromatic rings. The van der Waals surface area contributed by atoms with Gasteiger partial charge in [-0.2, -0.15) is 5.26 Å². The van der Waals surface area contributed by atoms with E-state index in [0.717, 1.165) is 19.3 Å². The van der Waals surface area contributed by atoms with Crippen LogP contribution in [0.25, 0.3) is 0 Å². The lowest BCUT2D eigenvalue weighted by Gasteiger charge is -2.05. The number of hydrogen-bond donors (Lipinski definition) is 1. The van der Waals surface area contributed by atoms with Crippen LogP contribution >= 0.6 is 0 Å². The smallest absolute Gasteiger partial charge is 0.128 e. The topological polar surface area (TPSA) is 52.9 Å². The molecule has 0 aromatic heterocycles. The molecule has 1 aliphatic heterocycles. The fourth-order valence-electron chi connectivity index (χ4n) is 2.29. The summed E-state index contributed by atoms with van der Waals surface area (Å²) in [5.74, 6) is 2.22. The molecule has 0 spiro atoms. The Balaban J connectivity index is 2.29. The normalized spacial score (nSPS) is 38.9. The number of rotatable bonds is 0. The lowest BCUT2D eigenvalue weighted by atomic mass is 9.97. The van der Waals surface area contributed by atoms with Crippen LogP contribution in [0.4, 0.5) is 0 Å². The molecule has 62 valence electrons. The van der Waals surface area contributed by atoms with Crippen LogP contribution in [0.3, 0.4) is 0 Å². The second-order valence-corrected chi connectivity index (χ2v) is 3.43. The largest absolute Gasteiger partial charge is 0.294 e. The SMILES string of the molecule is N#CC1NC2CCCC2C1=C=O. The summed E-state index contributed by atoms with van der Waals surface area (Å²) in [6.45, 7) is 0. The van der Waals surface area contributed by atoms with Crippen molar-refractivity contribution < 1.29 is 4.79 Å². The highest BCUT2D eigenvalue weighted by molar-refractivity contribution is 5.59. The summed E-state index contributed by atoms with van der Waals surface area (Å²) in [7, 11) is 0. The first kappa shape index (κ1) is 7.54. The summed E-state index contributed by atoms with van der Waals surface area (Å²) in [4.78, 5) is 10.6. The van der Waals surface area contributed by atoms with Gasteiger partial charge in [0.25, 0.3) is 0 Å². The van der Waals surface area contributed by atoms with Gasteiger partial charge in [0.2, 0.25) is 0 Å². The molecule has 2 fully saturated rings. The first-order valence-electron chi connectivity index (χ1n) is 4.27. The lowest BCUT2D eigenvalue weighted by Crippen LogP contribution is -2.28. The summed E-state index contributed by atoms with van der Waals surface area (Å²) < 4.78 is 0. The van der Waals surface area contributed by atoms with Crippen molar-refractivity contribution >= 4 is 5.94 Å². The van der Waals surface area contributed by atoms with E-state index in [2.05, 4.69) is 11.4 Å². The van der Waals surface area contributed by atoms with Crippen molar-refractivity contribution in [3.63, 3.8) is 0 Å². The van der Waals surface area contributed by atoms with Gasteiger partial charge in [0.1, 0.15) is 12.0 Å². The molecule has 0 bridgehead atoms. The first-order valence-corrected chi connectivity index (χ1v) is 4.27. The zero-order valence-electron chi connectivity index (χ0n) is 6.71. The molecule has 1 aliphatic carbocycles. The van der Waals surface area contributed by atoms with E-state index in [0.29, 0.717) is 17.5 Å².